The second-order valence-electron chi connectivity index (χ2n) is 10.1. The van der Waals surface area contributed by atoms with Crippen LogP contribution in [0.5, 0.6) is 0 Å². The highest BCUT2D eigenvalue weighted by molar-refractivity contribution is 6.04. The monoisotopic (exact) mass is 472 g/mol. The summed E-state index contributed by atoms with van der Waals surface area (Å²) in [6, 6.07) is 6.00. The summed E-state index contributed by atoms with van der Waals surface area (Å²) in [6.07, 6.45) is 3.56. The molecule has 1 aromatic rings. The highest BCUT2D eigenvalue weighted by atomic mass is 16.6. The van der Waals surface area contributed by atoms with Crippen LogP contribution in [0.3, 0.4) is 0 Å². The van der Waals surface area contributed by atoms with Crippen molar-refractivity contribution in [3.05, 3.63) is 23.8 Å². The van der Waals surface area contributed by atoms with Crippen molar-refractivity contribution in [2.24, 2.45) is 11.7 Å². The van der Waals surface area contributed by atoms with Crippen LogP contribution in [0.4, 0.5) is 16.2 Å². The number of ether oxygens (including phenoxy) is 1. The second-order valence-corrected chi connectivity index (χ2v) is 10.1. The molecule has 0 bridgehead atoms. The molecule has 1 aromatic carbocycles. The largest absolute Gasteiger partial charge is 0.446 e. The van der Waals surface area contributed by atoms with Crippen molar-refractivity contribution < 1.29 is 19.1 Å². The number of anilines is 2. The summed E-state index contributed by atoms with van der Waals surface area (Å²) in [5.74, 6) is 0.162. The Hall–Kier alpha value is -2.61. The van der Waals surface area contributed by atoms with Gasteiger partial charge in [0.15, 0.2) is 0 Å². The number of rotatable bonds is 10. The molecule has 188 valence electrons. The van der Waals surface area contributed by atoms with Gasteiger partial charge in [-0.2, -0.15) is 0 Å². The molecule has 1 aliphatic heterocycles. The lowest BCUT2D eigenvalue weighted by molar-refractivity contribution is -0.120. The first-order valence-corrected chi connectivity index (χ1v) is 12.5. The molecule has 8 heteroatoms. The SMILES string of the molecule is CCCC(CN(C)CCC(N)=O)c1ccc2c(c1)N(C(=O)OC(C)C)C[C@H](C)N2C(=O)C1CC1. The minimum absolute atomic E-state index is 0.0934. The number of amides is 3. The van der Waals surface area contributed by atoms with Gasteiger partial charge in [0.1, 0.15) is 0 Å². The molecule has 1 heterocycles. The summed E-state index contributed by atoms with van der Waals surface area (Å²) in [6.45, 7) is 9.60. The standard InChI is InChI=1S/C26H40N4O4/c1-6-7-21(16-28(5)13-12-24(27)31)20-10-11-22-23(14-20)29(26(33)34-17(2)3)15-18(4)30(22)25(32)19-8-9-19/h10-11,14,17-19,21H,6-9,12-13,15-16H2,1-5H3,(H2,27,31)/t18-,21?/m0/s1. The van der Waals surface area contributed by atoms with E-state index < -0.39 is 0 Å². The van der Waals surface area contributed by atoms with Crippen LogP contribution in [0.15, 0.2) is 18.2 Å². The van der Waals surface area contributed by atoms with Crippen molar-refractivity contribution in [3.63, 3.8) is 0 Å². The van der Waals surface area contributed by atoms with Gasteiger partial charge in [-0.25, -0.2) is 4.79 Å². The van der Waals surface area contributed by atoms with Crippen molar-refractivity contribution in [2.75, 3.05) is 36.5 Å². The maximum absolute atomic E-state index is 13.1. The number of nitrogens with zero attached hydrogens (tertiary/aromatic N) is 3. The lowest BCUT2D eigenvalue weighted by atomic mass is 9.92. The van der Waals surface area contributed by atoms with Crippen molar-refractivity contribution in [3.8, 4) is 0 Å². The molecule has 1 unspecified atom stereocenters. The first-order chi connectivity index (χ1) is 16.1. The fourth-order valence-electron chi connectivity index (χ4n) is 4.68. The normalized spacial score (nSPS) is 18.7. The molecular formula is C26H40N4O4. The van der Waals surface area contributed by atoms with E-state index in [1.807, 2.05) is 38.8 Å². The molecular weight excluding hydrogens is 432 g/mol. The van der Waals surface area contributed by atoms with Gasteiger partial charge in [-0.05, 0) is 70.7 Å². The van der Waals surface area contributed by atoms with Crippen LogP contribution >= 0.6 is 0 Å². The maximum Gasteiger partial charge on any atom is 0.414 e. The molecule has 2 atom stereocenters. The molecule has 0 spiro atoms. The topological polar surface area (TPSA) is 96.2 Å². The number of likely N-dealkylation sites (N-methyl/N-ethyl adjacent to an activating group) is 1. The van der Waals surface area contributed by atoms with E-state index in [-0.39, 0.29) is 41.9 Å². The van der Waals surface area contributed by atoms with E-state index in [1.165, 1.54) is 0 Å². The number of primary amides is 1. The van der Waals surface area contributed by atoms with Crippen molar-refractivity contribution in [1.29, 1.82) is 0 Å². The summed E-state index contributed by atoms with van der Waals surface area (Å²) >= 11 is 0. The van der Waals surface area contributed by atoms with Crippen LogP contribution in [0.1, 0.15) is 71.3 Å². The number of carbonyl (C=O) groups is 3. The Morgan fingerprint density at radius 2 is 1.91 bits per heavy atom. The molecule has 0 radical (unpaired) electrons. The Morgan fingerprint density at radius 1 is 1.21 bits per heavy atom. The summed E-state index contributed by atoms with van der Waals surface area (Å²) < 4.78 is 5.55. The molecule has 2 N–H and O–H groups in total. The maximum atomic E-state index is 13.1. The fourth-order valence-corrected chi connectivity index (χ4v) is 4.68. The van der Waals surface area contributed by atoms with E-state index in [9.17, 15) is 14.4 Å². The first kappa shape index (κ1) is 26.0. The Balaban J connectivity index is 1.95. The van der Waals surface area contributed by atoms with E-state index >= 15 is 0 Å². The third-order valence-electron chi connectivity index (χ3n) is 6.54. The van der Waals surface area contributed by atoms with Gasteiger partial charge in [0.25, 0.3) is 0 Å². The van der Waals surface area contributed by atoms with Crippen LogP contribution < -0.4 is 15.5 Å². The molecule has 1 aliphatic carbocycles. The van der Waals surface area contributed by atoms with Gasteiger partial charge in [0.2, 0.25) is 11.8 Å². The Kier molecular flexibility index (Phi) is 8.57. The van der Waals surface area contributed by atoms with E-state index in [4.69, 9.17) is 10.5 Å². The van der Waals surface area contributed by atoms with Crippen LogP contribution in [0.25, 0.3) is 0 Å². The van der Waals surface area contributed by atoms with Crippen molar-refractivity contribution in [2.45, 2.75) is 77.9 Å². The van der Waals surface area contributed by atoms with E-state index in [2.05, 4.69) is 24.0 Å². The lowest BCUT2D eigenvalue weighted by Crippen LogP contribution is -2.52. The minimum Gasteiger partial charge on any atom is -0.446 e. The third kappa shape index (κ3) is 6.29. The molecule has 3 rings (SSSR count). The van der Waals surface area contributed by atoms with Crippen LogP contribution in [-0.4, -0.2) is 61.6 Å². The van der Waals surface area contributed by atoms with E-state index in [0.29, 0.717) is 19.5 Å². The summed E-state index contributed by atoms with van der Waals surface area (Å²) in [5.41, 5.74) is 7.94. The van der Waals surface area contributed by atoms with Crippen molar-refractivity contribution >= 4 is 29.3 Å². The zero-order valence-corrected chi connectivity index (χ0v) is 21.3. The quantitative estimate of drug-likeness (QED) is 0.558. The van der Waals surface area contributed by atoms with Gasteiger partial charge in [-0.1, -0.05) is 19.4 Å². The average molecular weight is 473 g/mol. The van der Waals surface area contributed by atoms with Gasteiger partial charge >= 0.3 is 6.09 Å². The summed E-state index contributed by atoms with van der Waals surface area (Å²) in [4.78, 5) is 43.0. The second kappa shape index (κ2) is 11.2. The van der Waals surface area contributed by atoms with Crippen molar-refractivity contribution in [1.82, 2.24) is 4.90 Å². The summed E-state index contributed by atoms with van der Waals surface area (Å²) in [7, 11) is 1.99. The zero-order chi connectivity index (χ0) is 25.0. The van der Waals surface area contributed by atoms with Gasteiger partial charge in [0.05, 0.1) is 23.5 Å². The molecule has 1 fully saturated rings. The van der Waals surface area contributed by atoms with E-state index in [1.54, 1.807) is 4.90 Å². The molecule has 2 aliphatic rings. The fraction of sp³-hybridized carbons (Fsp3) is 0.654. The number of nitrogens with two attached hydrogens (primary N) is 1. The number of hydrogen-bond acceptors (Lipinski definition) is 5. The van der Waals surface area contributed by atoms with Crippen LogP contribution in [-0.2, 0) is 14.3 Å². The van der Waals surface area contributed by atoms with Gasteiger partial charge in [0, 0.05) is 32.0 Å². The van der Waals surface area contributed by atoms with E-state index in [0.717, 1.165) is 49.2 Å². The predicted octanol–water partition coefficient (Wildman–Crippen LogP) is 3.87. The first-order valence-electron chi connectivity index (χ1n) is 12.5. The highest BCUT2D eigenvalue weighted by Gasteiger charge is 2.41. The van der Waals surface area contributed by atoms with Gasteiger partial charge < -0.3 is 20.3 Å². The van der Waals surface area contributed by atoms with Gasteiger partial charge in [-0.3, -0.25) is 14.5 Å². The molecule has 8 nitrogen and oxygen atoms in total. The molecule has 1 saturated carbocycles. The molecule has 3 amide bonds. The zero-order valence-electron chi connectivity index (χ0n) is 21.3. The highest BCUT2D eigenvalue weighted by Crippen LogP contribution is 2.42. The van der Waals surface area contributed by atoms with Gasteiger partial charge in [-0.15, -0.1) is 0 Å². The lowest BCUT2D eigenvalue weighted by Gasteiger charge is -2.41. The van der Waals surface area contributed by atoms with Crippen LogP contribution in [0, 0.1) is 5.92 Å². The number of carbonyl (C=O) groups excluding carboxylic acids is 3. The van der Waals surface area contributed by atoms with Crippen LogP contribution in [0.2, 0.25) is 0 Å². The Morgan fingerprint density at radius 3 is 2.50 bits per heavy atom. The summed E-state index contributed by atoms with van der Waals surface area (Å²) in [5, 5.41) is 0. The minimum atomic E-state index is -0.385. The number of benzene rings is 1. The smallest absolute Gasteiger partial charge is 0.414 e. The predicted molar refractivity (Wildman–Crippen MR) is 134 cm³/mol. The average Bonchev–Trinajstić information content (AvgIpc) is 3.61. The number of hydrogen-bond donors (Lipinski definition) is 1. The number of fused-ring (bicyclic) bond motifs is 1. The molecule has 0 saturated heterocycles. The Labute approximate surface area is 203 Å². The molecule has 34 heavy (non-hydrogen) atoms. The Bertz CT molecular complexity index is 899. The third-order valence-corrected chi connectivity index (χ3v) is 6.54. The molecule has 0 aromatic heterocycles.